The molecule has 0 spiro atoms. The maximum atomic E-state index is 13.2. The standard InChI is InChI=1S/C28H31NO8S/c1-28(2)21-15-19(38-37-36-34)12-13-22(21)29(14-6-4-5-7-24(30)31)23(28)16-20-26(32)25(27(20)33)17-8-10-18(35-3)11-9-17/h8-13,15-16,25-26,32H,4-7,14H2,1-3H3,(H-,30,31,34)/p+1. The van der Waals surface area contributed by atoms with Gasteiger partial charge in [-0.15, -0.1) is 4.33 Å². The molecule has 4 rings (SSSR count). The number of methoxy groups -OCH3 is 1. The average molecular weight is 543 g/mol. The second-order valence-electron chi connectivity index (χ2n) is 9.93. The van der Waals surface area contributed by atoms with E-state index in [1.807, 2.05) is 24.3 Å². The maximum absolute atomic E-state index is 13.2. The van der Waals surface area contributed by atoms with Crippen molar-refractivity contribution in [3.8, 4) is 5.75 Å². The highest BCUT2D eigenvalue weighted by Crippen LogP contribution is 2.45. The Morgan fingerprint density at radius 1 is 1.13 bits per heavy atom. The van der Waals surface area contributed by atoms with Gasteiger partial charge in [0.25, 0.3) is 0 Å². The first-order chi connectivity index (χ1) is 18.2. The molecule has 2 unspecified atom stereocenters. The first-order valence-electron chi connectivity index (χ1n) is 12.4. The lowest BCUT2D eigenvalue weighted by atomic mass is 9.70. The number of carbonyl (C=O) groups excluding carboxylic acids is 1. The Kier molecular flexibility index (Phi) is 8.69. The van der Waals surface area contributed by atoms with Gasteiger partial charge in [-0.1, -0.05) is 17.2 Å². The quantitative estimate of drug-likeness (QED) is 0.0866. The summed E-state index contributed by atoms with van der Waals surface area (Å²) in [6.07, 6.45) is 3.11. The SMILES string of the molecule is COc1ccc(C2C(=O)C(=CC3=[N+](CCCCCC(=O)O)c4ccc(SOOO)cc4C3(C)C)C2O)cc1. The van der Waals surface area contributed by atoms with Gasteiger partial charge < -0.3 is 14.9 Å². The third-order valence-corrected chi connectivity index (χ3v) is 7.84. The van der Waals surface area contributed by atoms with E-state index in [1.165, 1.54) is 0 Å². The maximum Gasteiger partial charge on any atom is 0.303 e. The number of allylic oxidation sites excluding steroid dienone is 1. The molecular formula is C28H32NO8S+. The molecule has 1 heterocycles. The predicted molar refractivity (Wildman–Crippen MR) is 141 cm³/mol. The Hall–Kier alpha value is -3.02. The molecule has 1 aliphatic carbocycles. The molecule has 2 atom stereocenters. The van der Waals surface area contributed by atoms with Crippen molar-refractivity contribution in [2.24, 2.45) is 0 Å². The molecule has 1 aliphatic heterocycles. The number of hydrogen-bond acceptors (Lipinski definition) is 8. The second kappa shape index (κ2) is 11.8. The normalized spacial score (nSPS) is 21.0. The lowest BCUT2D eigenvalue weighted by Crippen LogP contribution is -2.44. The van der Waals surface area contributed by atoms with Crippen molar-refractivity contribution >= 4 is 35.2 Å². The summed E-state index contributed by atoms with van der Waals surface area (Å²) >= 11 is 0.874. The second-order valence-corrected chi connectivity index (χ2v) is 10.7. The van der Waals surface area contributed by atoms with Gasteiger partial charge in [-0.2, -0.15) is 4.58 Å². The molecule has 2 aromatic rings. The van der Waals surface area contributed by atoms with E-state index in [0.29, 0.717) is 24.3 Å². The highest BCUT2D eigenvalue weighted by molar-refractivity contribution is 7.94. The Labute approximate surface area is 225 Å². The molecule has 1 fully saturated rings. The largest absolute Gasteiger partial charge is 0.497 e. The van der Waals surface area contributed by atoms with Crippen LogP contribution in [0.3, 0.4) is 0 Å². The van der Waals surface area contributed by atoms with Gasteiger partial charge in [0.1, 0.15) is 12.3 Å². The predicted octanol–water partition coefficient (Wildman–Crippen LogP) is 4.80. The Bertz CT molecular complexity index is 1270. The van der Waals surface area contributed by atoms with Crippen LogP contribution in [0.5, 0.6) is 5.75 Å². The van der Waals surface area contributed by atoms with Crippen molar-refractivity contribution in [1.82, 2.24) is 0 Å². The molecular weight excluding hydrogens is 510 g/mol. The minimum absolute atomic E-state index is 0.118. The third-order valence-electron chi connectivity index (χ3n) is 7.26. The van der Waals surface area contributed by atoms with Gasteiger partial charge in [0.2, 0.25) is 5.69 Å². The molecule has 2 aliphatic rings. The summed E-state index contributed by atoms with van der Waals surface area (Å²) in [5.41, 5.74) is 3.43. The van der Waals surface area contributed by atoms with Gasteiger partial charge >= 0.3 is 5.97 Å². The molecule has 10 heteroatoms. The molecule has 0 amide bonds. The van der Waals surface area contributed by atoms with Gasteiger partial charge in [-0.25, -0.2) is 5.26 Å². The number of aliphatic hydroxyl groups excluding tert-OH is 1. The van der Waals surface area contributed by atoms with Crippen molar-refractivity contribution < 1.29 is 43.7 Å². The van der Waals surface area contributed by atoms with Crippen LogP contribution in [-0.2, 0) is 24.4 Å². The number of aliphatic carboxylic acids is 1. The van der Waals surface area contributed by atoms with Crippen LogP contribution < -0.4 is 4.74 Å². The number of carbonyl (C=O) groups is 2. The molecule has 0 saturated heterocycles. The summed E-state index contributed by atoms with van der Waals surface area (Å²) in [5.74, 6) is -0.868. The lowest BCUT2D eigenvalue weighted by Gasteiger charge is -2.34. The molecule has 0 aromatic heterocycles. The smallest absolute Gasteiger partial charge is 0.303 e. The fourth-order valence-corrected chi connectivity index (χ4v) is 5.58. The minimum atomic E-state index is -0.929. The number of Topliss-reactive ketones (excluding diaryl/α,β-unsaturated/α-hetero) is 1. The van der Waals surface area contributed by atoms with Crippen LogP contribution in [0.4, 0.5) is 5.69 Å². The van der Waals surface area contributed by atoms with E-state index in [2.05, 4.69) is 27.8 Å². The van der Waals surface area contributed by atoms with E-state index < -0.39 is 23.4 Å². The first kappa shape index (κ1) is 28.0. The summed E-state index contributed by atoms with van der Waals surface area (Å²) in [7, 11) is 1.57. The van der Waals surface area contributed by atoms with Gasteiger partial charge in [-0.05, 0) is 56.5 Å². The highest BCUT2D eigenvalue weighted by Gasteiger charge is 2.49. The number of carboxylic acids is 1. The number of aliphatic hydroxyl groups is 1. The van der Waals surface area contributed by atoms with E-state index in [-0.39, 0.29) is 12.2 Å². The number of ketones is 1. The molecule has 38 heavy (non-hydrogen) atoms. The number of fused-ring (bicyclic) bond motifs is 1. The van der Waals surface area contributed by atoms with Crippen LogP contribution in [0.1, 0.15) is 56.6 Å². The van der Waals surface area contributed by atoms with Crippen LogP contribution in [0.25, 0.3) is 0 Å². The highest BCUT2D eigenvalue weighted by atomic mass is 32.2. The van der Waals surface area contributed by atoms with Crippen LogP contribution in [-0.4, -0.2) is 57.3 Å². The topological polar surface area (TPSA) is 126 Å². The zero-order valence-corrected chi connectivity index (χ0v) is 22.4. The molecule has 0 radical (unpaired) electrons. The fraction of sp³-hybridized carbons (Fsp3) is 0.393. The molecule has 202 valence electrons. The third kappa shape index (κ3) is 5.55. The van der Waals surface area contributed by atoms with E-state index >= 15 is 0 Å². The zero-order chi connectivity index (χ0) is 27.4. The van der Waals surface area contributed by atoms with Crippen LogP contribution >= 0.6 is 12.0 Å². The summed E-state index contributed by atoms with van der Waals surface area (Å²) in [5, 5.41) is 32.2. The lowest BCUT2D eigenvalue weighted by molar-refractivity contribution is -0.438. The number of unbranched alkanes of at least 4 members (excludes halogenated alkanes) is 2. The average Bonchev–Trinajstić information content (AvgIpc) is 3.11. The van der Waals surface area contributed by atoms with Gasteiger partial charge in [-0.3, -0.25) is 9.59 Å². The molecule has 2 aromatic carbocycles. The number of carboxylic acid groups (broad SMARTS) is 1. The van der Waals surface area contributed by atoms with Crippen LogP contribution in [0.15, 0.2) is 59.0 Å². The van der Waals surface area contributed by atoms with Crippen molar-refractivity contribution in [2.75, 3.05) is 13.7 Å². The van der Waals surface area contributed by atoms with Crippen molar-refractivity contribution in [2.45, 2.75) is 61.9 Å². The van der Waals surface area contributed by atoms with Crippen molar-refractivity contribution in [1.29, 1.82) is 0 Å². The number of rotatable bonds is 12. The van der Waals surface area contributed by atoms with E-state index in [1.54, 1.807) is 31.4 Å². The Morgan fingerprint density at radius 3 is 2.50 bits per heavy atom. The number of hydrogen-bond donors (Lipinski definition) is 3. The van der Waals surface area contributed by atoms with Crippen molar-refractivity contribution in [3.05, 3.63) is 65.2 Å². The van der Waals surface area contributed by atoms with Gasteiger partial charge in [0, 0.05) is 41.0 Å². The van der Waals surface area contributed by atoms with Crippen LogP contribution in [0, 0.1) is 0 Å². The summed E-state index contributed by atoms with van der Waals surface area (Å²) in [4.78, 5) is 24.8. The minimum Gasteiger partial charge on any atom is -0.497 e. The number of benzene rings is 2. The van der Waals surface area contributed by atoms with E-state index in [0.717, 1.165) is 52.3 Å². The van der Waals surface area contributed by atoms with Crippen molar-refractivity contribution in [3.63, 3.8) is 0 Å². The zero-order valence-electron chi connectivity index (χ0n) is 21.5. The molecule has 9 nitrogen and oxygen atoms in total. The molecule has 0 bridgehead atoms. The number of nitrogens with zero attached hydrogens (tertiary/aromatic N) is 1. The summed E-state index contributed by atoms with van der Waals surface area (Å²) in [6.45, 7) is 4.73. The fourth-order valence-electron chi connectivity index (χ4n) is 5.19. The first-order valence-corrected chi connectivity index (χ1v) is 13.2. The van der Waals surface area contributed by atoms with Gasteiger partial charge in [0.15, 0.2) is 11.5 Å². The Balaban J connectivity index is 1.64. The van der Waals surface area contributed by atoms with E-state index in [4.69, 9.17) is 15.1 Å². The molecule has 1 saturated carbocycles. The Morgan fingerprint density at radius 2 is 1.87 bits per heavy atom. The number of ether oxygens (including phenoxy) is 1. The monoisotopic (exact) mass is 542 g/mol. The van der Waals surface area contributed by atoms with Gasteiger partial charge in [0.05, 0.1) is 36.6 Å². The summed E-state index contributed by atoms with van der Waals surface area (Å²) < 4.78 is 11.9. The van der Waals surface area contributed by atoms with Crippen LogP contribution in [0.2, 0.25) is 0 Å². The molecule has 3 N–H and O–H groups in total. The van der Waals surface area contributed by atoms with E-state index in [9.17, 15) is 14.7 Å². The summed E-state index contributed by atoms with van der Waals surface area (Å²) in [6, 6.07) is 12.9.